The number of halogens is 1. The van der Waals surface area contributed by atoms with Crippen LogP contribution in [0.2, 0.25) is 0 Å². The zero-order valence-electron chi connectivity index (χ0n) is 18.1. The molecule has 2 aromatic carbocycles. The molecule has 3 aromatic rings. The number of hydrogen-bond acceptors (Lipinski definition) is 7. The Morgan fingerprint density at radius 2 is 1.62 bits per heavy atom. The van der Waals surface area contributed by atoms with Gasteiger partial charge in [-0.05, 0) is 49.2 Å². The lowest BCUT2D eigenvalue weighted by molar-refractivity contribution is 0.0705. The van der Waals surface area contributed by atoms with Crippen LogP contribution in [0.5, 0.6) is 17.2 Å². The van der Waals surface area contributed by atoms with Gasteiger partial charge in [-0.3, -0.25) is 4.79 Å². The molecule has 0 radical (unpaired) electrons. The van der Waals surface area contributed by atoms with Crippen molar-refractivity contribution in [3.63, 3.8) is 0 Å². The zero-order chi connectivity index (χ0) is 22.7. The number of carbonyl (C=O) groups is 1. The van der Waals surface area contributed by atoms with E-state index in [9.17, 15) is 9.18 Å². The fourth-order valence-corrected chi connectivity index (χ4v) is 3.83. The maximum atomic E-state index is 13.1. The highest BCUT2D eigenvalue weighted by Crippen LogP contribution is 2.39. The van der Waals surface area contributed by atoms with Gasteiger partial charge in [-0.1, -0.05) is 0 Å². The lowest BCUT2D eigenvalue weighted by Gasteiger charge is -2.30. The van der Waals surface area contributed by atoms with Crippen molar-refractivity contribution < 1.29 is 27.8 Å². The molecule has 1 saturated heterocycles. The Bertz CT molecular complexity index is 1070. The van der Waals surface area contributed by atoms with E-state index in [0.29, 0.717) is 66.1 Å². The first kappa shape index (κ1) is 21.6. The van der Waals surface area contributed by atoms with E-state index in [0.717, 1.165) is 0 Å². The number of benzene rings is 2. The fourth-order valence-electron chi connectivity index (χ4n) is 3.83. The Labute approximate surface area is 184 Å². The second kappa shape index (κ2) is 9.25. The van der Waals surface area contributed by atoms with Crippen molar-refractivity contribution in [3.8, 4) is 28.7 Å². The first-order valence-corrected chi connectivity index (χ1v) is 10.2. The number of carbonyl (C=O) groups excluding carboxylic acids is 1. The van der Waals surface area contributed by atoms with Crippen molar-refractivity contribution in [1.29, 1.82) is 0 Å². The summed E-state index contributed by atoms with van der Waals surface area (Å²) in [5.74, 6) is 1.82. The molecular weight excluding hydrogens is 417 g/mol. The SMILES string of the molecule is COc1cc(C(=O)N2CCC(c3nnc(-c4ccc(F)cc4)o3)CC2)cc(OC)c1OC. The van der Waals surface area contributed by atoms with E-state index in [1.165, 1.54) is 33.5 Å². The molecular formula is C23H24FN3O5. The third-order valence-electron chi connectivity index (χ3n) is 5.57. The normalized spacial score (nSPS) is 14.3. The van der Waals surface area contributed by atoms with Gasteiger partial charge in [-0.25, -0.2) is 4.39 Å². The topological polar surface area (TPSA) is 86.9 Å². The molecule has 1 aliphatic rings. The van der Waals surface area contributed by atoms with E-state index in [1.807, 2.05) is 0 Å². The lowest BCUT2D eigenvalue weighted by Crippen LogP contribution is -2.38. The maximum Gasteiger partial charge on any atom is 0.254 e. The quantitative estimate of drug-likeness (QED) is 0.573. The molecule has 0 bridgehead atoms. The second-order valence-corrected chi connectivity index (χ2v) is 7.43. The largest absolute Gasteiger partial charge is 0.493 e. The van der Waals surface area contributed by atoms with Gasteiger partial charge >= 0.3 is 0 Å². The monoisotopic (exact) mass is 441 g/mol. The van der Waals surface area contributed by atoms with Crippen molar-refractivity contribution >= 4 is 5.91 Å². The fraction of sp³-hybridized carbons (Fsp3) is 0.348. The van der Waals surface area contributed by atoms with Crippen LogP contribution >= 0.6 is 0 Å². The molecule has 0 saturated carbocycles. The Hall–Kier alpha value is -3.62. The highest BCUT2D eigenvalue weighted by atomic mass is 19.1. The molecule has 32 heavy (non-hydrogen) atoms. The van der Waals surface area contributed by atoms with Crippen molar-refractivity contribution in [2.24, 2.45) is 0 Å². The molecule has 8 nitrogen and oxygen atoms in total. The molecule has 0 atom stereocenters. The van der Waals surface area contributed by atoms with Crippen LogP contribution in [-0.2, 0) is 0 Å². The van der Waals surface area contributed by atoms with E-state index in [4.69, 9.17) is 18.6 Å². The lowest BCUT2D eigenvalue weighted by atomic mass is 9.96. The Balaban J connectivity index is 1.44. The summed E-state index contributed by atoms with van der Waals surface area (Å²) in [7, 11) is 4.55. The van der Waals surface area contributed by atoms with Gasteiger partial charge in [0.05, 0.1) is 21.3 Å². The number of piperidine rings is 1. The van der Waals surface area contributed by atoms with Gasteiger partial charge in [0.1, 0.15) is 5.82 Å². The average Bonchev–Trinajstić information content (AvgIpc) is 3.33. The molecule has 1 aliphatic heterocycles. The van der Waals surface area contributed by atoms with E-state index in [1.54, 1.807) is 29.2 Å². The van der Waals surface area contributed by atoms with Gasteiger partial charge in [0.2, 0.25) is 17.5 Å². The average molecular weight is 441 g/mol. The number of ether oxygens (including phenoxy) is 3. The molecule has 1 fully saturated rings. The number of hydrogen-bond donors (Lipinski definition) is 0. The summed E-state index contributed by atoms with van der Waals surface area (Å²) >= 11 is 0. The van der Waals surface area contributed by atoms with E-state index in [2.05, 4.69) is 10.2 Å². The molecule has 0 unspecified atom stereocenters. The molecule has 0 aliphatic carbocycles. The predicted molar refractivity (Wildman–Crippen MR) is 114 cm³/mol. The number of likely N-dealkylation sites (tertiary alicyclic amines) is 1. The molecule has 2 heterocycles. The van der Waals surface area contributed by atoms with Gasteiger partial charge in [0.15, 0.2) is 11.5 Å². The van der Waals surface area contributed by atoms with E-state index in [-0.39, 0.29) is 17.6 Å². The molecule has 4 rings (SSSR count). The summed E-state index contributed by atoms with van der Waals surface area (Å²) in [6, 6.07) is 9.22. The summed E-state index contributed by atoms with van der Waals surface area (Å²) < 4.78 is 35.0. The highest BCUT2D eigenvalue weighted by molar-refractivity contribution is 5.95. The Kier molecular flexibility index (Phi) is 6.25. The zero-order valence-corrected chi connectivity index (χ0v) is 18.1. The van der Waals surface area contributed by atoms with Crippen molar-refractivity contribution in [1.82, 2.24) is 15.1 Å². The minimum Gasteiger partial charge on any atom is -0.493 e. The highest BCUT2D eigenvalue weighted by Gasteiger charge is 2.29. The van der Waals surface area contributed by atoms with Crippen LogP contribution in [0.25, 0.3) is 11.5 Å². The Morgan fingerprint density at radius 1 is 1.00 bits per heavy atom. The van der Waals surface area contributed by atoms with Crippen LogP contribution < -0.4 is 14.2 Å². The molecule has 168 valence electrons. The van der Waals surface area contributed by atoms with Crippen LogP contribution in [0.4, 0.5) is 4.39 Å². The first-order chi connectivity index (χ1) is 15.5. The van der Waals surface area contributed by atoms with Gasteiger partial charge < -0.3 is 23.5 Å². The second-order valence-electron chi connectivity index (χ2n) is 7.43. The molecule has 0 spiro atoms. The first-order valence-electron chi connectivity index (χ1n) is 10.2. The molecule has 9 heteroatoms. The van der Waals surface area contributed by atoms with Crippen LogP contribution in [0, 0.1) is 5.82 Å². The maximum absolute atomic E-state index is 13.1. The minimum atomic E-state index is -0.322. The van der Waals surface area contributed by atoms with Crippen molar-refractivity contribution in [2.75, 3.05) is 34.4 Å². The van der Waals surface area contributed by atoms with Crippen molar-refractivity contribution in [2.45, 2.75) is 18.8 Å². The third kappa shape index (κ3) is 4.23. The number of nitrogens with zero attached hydrogens (tertiary/aromatic N) is 3. The van der Waals surface area contributed by atoms with Gasteiger partial charge in [0, 0.05) is 30.1 Å². The van der Waals surface area contributed by atoms with Crippen LogP contribution in [0.3, 0.4) is 0 Å². The number of rotatable bonds is 6. The van der Waals surface area contributed by atoms with Crippen molar-refractivity contribution in [3.05, 3.63) is 53.7 Å². The smallest absolute Gasteiger partial charge is 0.254 e. The summed E-state index contributed by atoms with van der Waals surface area (Å²) in [4.78, 5) is 14.9. The summed E-state index contributed by atoms with van der Waals surface area (Å²) in [5, 5.41) is 8.26. The van der Waals surface area contributed by atoms with Gasteiger partial charge in [0.25, 0.3) is 5.91 Å². The summed E-state index contributed by atoms with van der Waals surface area (Å²) in [5.41, 5.74) is 1.13. The van der Waals surface area contributed by atoms with Gasteiger partial charge in [-0.2, -0.15) is 0 Å². The van der Waals surface area contributed by atoms with Crippen LogP contribution in [-0.4, -0.2) is 55.4 Å². The molecule has 1 aromatic heterocycles. The van der Waals surface area contributed by atoms with E-state index < -0.39 is 0 Å². The third-order valence-corrected chi connectivity index (χ3v) is 5.57. The number of aromatic nitrogens is 2. The minimum absolute atomic E-state index is 0.0562. The predicted octanol–water partition coefficient (Wildman–Crippen LogP) is 3.92. The number of methoxy groups -OCH3 is 3. The van der Waals surface area contributed by atoms with Gasteiger partial charge in [-0.15, -0.1) is 10.2 Å². The van der Waals surface area contributed by atoms with Crippen LogP contribution in [0.15, 0.2) is 40.8 Å². The van der Waals surface area contributed by atoms with Crippen LogP contribution in [0.1, 0.15) is 35.0 Å². The molecule has 1 amide bonds. The standard InChI is InChI=1S/C23H24FN3O5/c1-29-18-12-16(13-19(30-2)20(18)31-3)23(28)27-10-8-15(9-11-27)22-26-25-21(32-22)14-4-6-17(24)7-5-14/h4-7,12-13,15H,8-11H2,1-3H3. The Morgan fingerprint density at radius 3 is 2.19 bits per heavy atom. The summed E-state index contributed by atoms with van der Waals surface area (Å²) in [6.07, 6.45) is 1.39. The molecule has 0 N–H and O–H groups in total. The summed E-state index contributed by atoms with van der Waals surface area (Å²) in [6.45, 7) is 1.10. The number of amides is 1. The van der Waals surface area contributed by atoms with E-state index >= 15 is 0 Å².